The van der Waals surface area contributed by atoms with Crippen molar-refractivity contribution in [2.45, 2.75) is 32.2 Å². The van der Waals surface area contributed by atoms with E-state index in [4.69, 9.17) is 0 Å². The second kappa shape index (κ2) is 7.54. The van der Waals surface area contributed by atoms with Gasteiger partial charge in [-0.25, -0.2) is 4.52 Å². The third kappa shape index (κ3) is 4.16. The molecule has 0 saturated carbocycles. The first-order valence-electron chi connectivity index (χ1n) is 7.90. The van der Waals surface area contributed by atoms with Crippen molar-refractivity contribution in [3.05, 3.63) is 66.2 Å². The van der Waals surface area contributed by atoms with Gasteiger partial charge in [-0.1, -0.05) is 12.1 Å². The van der Waals surface area contributed by atoms with Crippen LogP contribution in [0.15, 0.2) is 55.1 Å². The van der Waals surface area contributed by atoms with E-state index in [0.29, 0.717) is 13.0 Å². The molecule has 0 saturated heterocycles. The summed E-state index contributed by atoms with van der Waals surface area (Å²) in [5.74, 6) is 0.0951. The molecule has 0 atom stereocenters. The van der Waals surface area contributed by atoms with Crippen LogP contribution in [0, 0.1) is 0 Å². The average molecular weight is 308 g/mol. The summed E-state index contributed by atoms with van der Waals surface area (Å²) in [6, 6.07) is 9.92. The van der Waals surface area contributed by atoms with Gasteiger partial charge in [-0.3, -0.25) is 9.78 Å². The number of amides is 1. The second-order valence-electron chi connectivity index (χ2n) is 5.54. The van der Waals surface area contributed by atoms with E-state index in [2.05, 4.69) is 21.5 Å². The summed E-state index contributed by atoms with van der Waals surface area (Å²) < 4.78 is 1.81. The predicted molar refractivity (Wildman–Crippen MR) is 88.8 cm³/mol. The van der Waals surface area contributed by atoms with E-state index in [-0.39, 0.29) is 5.91 Å². The Morgan fingerprint density at radius 1 is 1.13 bits per heavy atom. The number of hydrogen-bond donors (Lipinski definition) is 1. The summed E-state index contributed by atoms with van der Waals surface area (Å²) in [6.07, 6.45) is 10.7. The number of rotatable bonds is 7. The maximum absolute atomic E-state index is 12.0. The highest BCUT2D eigenvalue weighted by molar-refractivity contribution is 5.76. The van der Waals surface area contributed by atoms with Crippen LogP contribution < -0.4 is 5.32 Å². The van der Waals surface area contributed by atoms with E-state index >= 15 is 0 Å². The minimum atomic E-state index is 0.0951. The number of fused-ring (bicyclic) bond motifs is 1. The van der Waals surface area contributed by atoms with Crippen LogP contribution in [-0.4, -0.2) is 20.5 Å². The van der Waals surface area contributed by atoms with Gasteiger partial charge in [0.05, 0.1) is 5.52 Å². The number of hydrogen-bond acceptors (Lipinski definition) is 3. The molecule has 1 N–H and O–H groups in total. The van der Waals surface area contributed by atoms with Crippen LogP contribution in [0.4, 0.5) is 0 Å². The molecule has 5 nitrogen and oxygen atoms in total. The lowest BCUT2D eigenvalue weighted by Gasteiger charge is -2.07. The van der Waals surface area contributed by atoms with Crippen molar-refractivity contribution in [1.82, 2.24) is 19.9 Å². The van der Waals surface area contributed by atoms with E-state index in [1.54, 1.807) is 12.4 Å². The first-order valence-corrected chi connectivity index (χ1v) is 7.90. The fraction of sp³-hybridized carbons (Fsp3) is 0.278. The lowest BCUT2D eigenvalue weighted by Crippen LogP contribution is -2.22. The summed E-state index contributed by atoms with van der Waals surface area (Å²) in [5, 5.41) is 7.18. The Balaban J connectivity index is 1.41. The quantitative estimate of drug-likeness (QED) is 0.683. The maximum atomic E-state index is 12.0. The zero-order chi connectivity index (χ0) is 15.9. The minimum Gasteiger partial charge on any atom is -0.352 e. The van der Waals surface area contributed by atoms with E-state index < -0.39 is 0 Å². The molecule has 0 aliphatic rings. The summed E-state index contributed by atoms with van der Waals surface area (Å²) in [7, 11) is 0. The zero-order valence-corrected chi connectivity index (χ0v) is 13.0. The number of carbonyl (C=O) groups is 1. The molecule has 3 aromatic heterocycles. The molecule has 5 heteroatoms. The van der Waals surface area contributed by atoms with Gasteiger partial charge in [0, 0.05) is 37.8 Å². The highest BCUT2D eigenvalue weighted by Gasteiger charge is 2.05. The molecule has 0 aliphatic carbocycles. The Hall–Kier alpha value is -2.69. The van der Waals surface area contributed by atoms with Gasteiger partial charge in [-0.2, -0.15) is 5.10 Å². The predicted octanol–water partition coefficient (Wildman–Crippen LogP) is 2.76. The van der Waals surface area contributed by atoms with Gasteiger partial charge in [-0.05, 0) is 48.6 Å². The lowest BCUT2D eigenvalue weighted by molar-refractivity contribution is -0.121. The van der Waals surface area contributed by atoms with Crippen molar-refractivity contribution in [1.29, 1.82) is 0 Å². The van der Waals surface area contributed by atoms with Gasteiger partial charge < -0.3 is 5.32 Å². The highest BCUT2D eigenvalue weighted by atomic mass is 16.1. The van der Waals surface area contributed by atoms with Crippen LogP contribution in [0.2, 0.25) is 0 Å². The topological polar surface area (TPSA) is 59.3 Å². The molecule has 23 heavy (non-hydrogen) atoms. The van der Waals surface area contributed by atoms with Gasteiger partial charge >= 0.3 is 0 Å². The normalized spacial score (nSPS) is 10.8. The highest BCUT2D eigenvalue weighted by Crippen LogP contribution is 2.10. The van der Waals surface area contributed by atoms with E-state index in [9.17, 15) is 4.79 Å². The third-order valence-corrected chi connectivity index (χ3v) is 3.84. The smallest absolute Gasteiger partial charge is 0.220 e. The zero-order valence-electron chi connectivity index (χ0n) is 13.0. The molecule has 3 heterocycles. The van der Waals surface area contributed by atoms with Crippen molar-refractivity contribution in [2.24, 2.45) is 0 Å². The van der Waals surface area contributed by atoms with Gasteiger partial charge in [0.25, 0.3) is 0 Å². The fourth-order valence-corrected chi connectivity index (χ4v) is 2.61. The van der Waals surface area contributed by atoms with Crippen LogP contribution in [0.25, 0.3) is 5.52 Å². The van der Waals surface area contributed by atoms with E-state index in [0.717, 1.165) is 30.3 Å². The van der Waals surface area contributed by atoms with Crippen molar-refractivity contribution in [3.63, 3.8) is 0 Å². The number of pyridine rings is 2. The van der Waals surface area contributed by atoms with Crippen LogP contribution in [0.5, 0.6) is 0 Å². The fourth-order valence-electron chi connectivity index (χ4n) is 2.61. The Morgan fingerprint density at radius 2 is 2.09 bits per heavy atom. The monoisotopic (exact) mass is 308 g/mol. The minimum absolute atomic E-state index is 0.0951. The summed E-state index contributed by atoms with van der Waals surface area (Å²) in [4.78, 5) is 16.1. The summed E-state index contributed by atoms with van der Waals surface area (Å²) in [5.41, 5.74) is 3.33. The van der Waals surface area contributed by atoms with Crippen LogP contribution in [0.3, 0.4) is 0 Å². The average Bonchev–Trinajstić information content (AvgIpc) is 3.07. The molecule has 0 fully saturated rings. The Morgan fingerprint density at radius 3 is 2.96 bits per heavy atom. The molecule has 0 aromatic carbocycles. The maximum Gasteiger partial charge on any atom is 0.220 e. The van der Waals surface area contributed by atoms with E-state index in [1.165, 1.54) is 5.56 Å². The van der Waals surface area contributed by atoms with Gasteiger partial charge in [0.1, 0.15) is 0 Å². The molecule has 0 radical (unpaired) electrons. The molecule has 3 rings (SSSR count). The first-order chi connectivity index (χ1) is 11.3. The van der Waals surface area contributed by atoms with Gasteiger partial charge in [0.15, 0.2) is 0 Å². The Bertz CT molecular complexity index is 767. The molecule has 1 amide bonds. The number of nitrogens with zero attached hydrogens (tertiary/aromatic N) is 3. The van der Waals surface area contributed by atoms with Crippen molar-refractivity contribution in [3.8, 4) is 0 Å². The SMILES string of the molecule is O=C(CCCCc1cccnc1)NCc1cccn2nccc12. The molecular formula is C18H20N4O. The largest absolute Gasteiger partial charge is 0.352 e. The van der Waals surface area contributed by atoms with Crippen LogP contribution in [-0.2, 0) is 17.8 Å². The number of unbranched alkanes of at least 4 members (excludes halogenated alkanes) is 1. The van der Waals surface area contributed by atoms with Gasteiger partial charge in [0.2, 0.25) is 5.91 Å². The summed E-state index contributed by atoms with van der Waals surface area (Å²) in [6.45, 7) is 0.539. The van der Waals surface area contributed by atoms with Crippen molar-refractivity contribution < 1.29 is 4.79 Å². The van der Waals surface area contributed by atoms with E-state index in [1.807, 2.05) is 41.2 Å². The number of aromatic nitrogens is 3. The molecular weight excluding hydrogens is 288 g/mol. The third-order valence-electron chi connectivity index (χ3n) is 3.84. The Labute approximate surface area is 135 Å². The first kappa shape index (κ1) is 15.2. The Kier molecular flexibility index (Phi) is 4.99. The van der Waals surface area contributed by atoms with Crippen molar-refractivity contribution in [2.75, 3.05) is 0 Å². The number of carbonyl (C=O) groups excluding carboxylic acids is 1. The molecule has 0 bridgehead atoms. The van der Waals surface area contributed by atoms with Crippen LogP contribution >= 0.6 is 0 Å². The lowest BCUT2D eigenvalue weighted by atomic mass is 10.1. The molecule has 0 aliphatic heterocycles. The number of nitrogens with one attached hydrogen (secondary N) is 1. The van der Waals surface area contributed by atoms with Gasteiger partial charge in [-0.15, -0.1) is 0 Å². The van der Waals surface area contributed by atoms with Crippen LogP contribution in [0.1, 0.15) is 30.4 Å². The standard InChI is InChI=1S/C18H20N4O/c23-18(8-2-1-5-15-6-3-10-19-13-15)20-14-16-7-4-12-22-17(16)9-11-21-22/h3-4,6-7,9-13H,1-2,5,8,14H2,(H,20,23). The second-order valence-corrected chi connectivity index (χ2v) is 5.54. The molecule has 118 valence electrons. The summed E-state index contributed by atoms with van der Waals surface area (Å²) >= 11 is 0. The molecule has 0 unspecified atom stereocenters. The van der Waals surface area contributed by atoms with Crippen molar-refractivity contribution >= 4 is 11.4 Å². The molecule has 0 spiro atoms. The molecule has 3 aromatic rings. The number of aryl methyl sites for hydroxylation is 1.